The number of hydrogen-bond acceptors (Lipinski definition) is 6. The van der Waals surface area contributed by atoms with Gasteiger partial charge in [0, 0.05) is 21.9 Å². The molecule has 2 aromatic carbocycles. The van der Waals surface area contributed by atoms with Crippen LogP contribution in [0.4, 0.5) is 11.4 Å². The lowest BCUT2D eigenvalue weighted by Crippen LogP contribution is -2.26. The van der Waals surface area contributed by atoms with Gasteiger partial charge in [-0.3, -0.25) is 9.59 Å². The normalized spacial score (nSPS) is 16.2. The number of amides is 2. The molecule has 28 heavy (non-hydrogen) atoms. The number of anilines is 2. The van der Waals surface area contributed by atoms with Crippen LogP contribution >= 0.6 is 23.5 Å². The number of benzene rings is 2. The molecule has 0 bridgehead atoms. The van der Waals surface area contributed by atoms with E-state index in [1.165, 1.54) is 23.9 Å². The zero-order valence-corrected chi connectivity index (χ0v) is 17.8. The van der Waals surface area contributed by atoms with Crippen LogP contribution in [-0.4, -0.2) is 37.5 Å². The van der Waals surface area contributed by atoms with Crippen LogP contribution in [0.25, 0.3) is 0 Å². The van der Waals surface area contributed by atoms with Gasteiger partial charge < -0.3 is 10.6 Å². The summed E-state index contributed by atoms with van der Waals surface area (Å²) in [6.45, 7) is 1.79. The standard InChI is InChI=1S/C19H20N2O4S3/c1-12-19(23)21-16-11-15(6-7-17(16)27-12)28(24,25)9-8-18(22)20-13-4-3-5-14(10-13)26-2/h3-7,10-12H,8-9H2,1-2H3,(H,20,22)(H,21,23)/t12-/m1/s1. The first-order chi connectivity index (χ1) is 13.3. The number of thioether (sulfide) groups is 2. The molecule has 2 aromatic rings. The molecule has 1 atom stereocenters. The predicted octanol–water partition coefficient (Wildman–Crippen LogP) is 3.64. The van der Waals surface area contributed by atoms with Crippen LogP contribution in [-0.2, 0) is 19.4 Å². The van der Waals surface area contributed by atoms with E-state index in [-0.39, 0.29) is 34.1 Å². The van der Waals surface area contributed by atoms with Crippen LogP contribution in [0.15, 0.2) is 57.2 Å². The summed E-state index contributed by atoms with van der Waals surface area (Å²) in [5, 5.41) is 5.23. The third-order valence-corrected chi connectivity index (χ3v) is 7.81. The van der Waals surface area contributed by atoms with E-state index in [4.69, 9.17) is 0 Å². The molecule has 0 saturated carbocycles. The Labute approximate surface area is 172 Å². The first-order valence-corrected chi connectivity index (χ1v) is 12.3. The molecule has 2 amide bonds. The Balaban J connectivity index is 1.66. The highest BCUT2D eigenvalue weighted by molar-refractivity contribution is 8.01. The van der Waals surface area contributed by atoms with E-state index in [1.807, 2.05) is 24.5 Å². The maximum absolute atomic E-state index is 12.6. The van der Waals surface area contributed by atoms with Gasteiger partial charge in [-0.15, -0.1) is 23.5 Å². The molecule has 1 heterocycles. The average molecular weight is 437 g/mol. The van der Waals surface area contributed by atoms with Crippen LogP contribution in [0.3, 0.4) is 0 Å². The molecule has 0 fully saturated rings. The van der Waals surface area contributed by atoms with Crippen molar-refractivity contribution >= 4 is 56.6 Å². The monoisotopic (exact) mass is 436 g/mol. The molecule has 0 saturated heterocycles. The van der Waals surface area contributed by atoms with Crippen molar-refractivity contribution < 1.29 is 18.0 Å². The fourth-order valence-corrected chi connectivity index (χ4v) is 5.30. The first kappa shape index (κ1) is 20.8. The van der Waals surface area contributed by atoms with E-state index >= 15 is 0 Å². The van der Waals surface area contributed by atoms with Crippen molar-refractivity contribution in [1.29, 1.82) is 0 Å². The van der Waals surface area contributed by atoms with Gasteiger partial charge in [0.1, 0.15) is 0 Å². The number of sulfone groups is 1. The first-order valence-electron chi connectivity index (χ1n) is 8.57. The van der Waals surface area contributed by atoms with Gasteiger partial charge in [-0.1, -0.05) is 6.07 Å². The fraction of sp³-hybridized carbons (Fsp3) is 0.263. The molecule has 0 spiro atoms. The summed E-state index contributed by atoms with van der Waals surface area (Å²) in [7, 11) is -3.65. The van der Waals surface area contributed by atoms with E-state index in [0.717, 1.165) is 9.79 Å². The van der Waals surface area contributed by atoms with Gasteiger partial charge >= 0.3 is 0 Å². The Morgan fingerprint density at radius 2 is 2.04 bits per heavy atom. The quantitative estimate of drug-likeness (QED) is 0.672. The molecular weight excluding hydrogens is 416 g/mol. The molecule has 148 valence electrons. The van der Waals surface area contributed by atoms with E-state index in [1.54, 1.807) is 30.8 Å². The Morgan fingerprint density at radius 1 is 1.25 bits per heavy atom. The fourth-order valence-electron chi connectivity index (χ4n) is 2.65. The molecule has 0 aromatic heterocycles. The minimum atomic E-state index is -3.65. The topological polar surface area (TPSA) is 92.3 Å². The van der Waals surface area contributed by atoms with Crippen LogP contribution in [0, 0.1) is 0 Å². The van der Waals surface area contributed by atoms with Crippen LogP contribution in [0.5, 0.6) is 0 Å². The SMILES string of the molecule is CSc1cccc(NC(=O)CCS(=O)(=O)c2ccc3c(c2)NC(=O)[C@@H](C)S3)c1. The van der Waals surface area contributed by atoms with E-state index in [0.29, 0.717) is 11.4 Å². The highest BCUT2D eigenvalue weighted by atomic mass is 32.2. The maximum atomic E-state index is 12.6. The van der Waals surface area contributed by atoms with Gasteiger partial charge in [0.15, 0.2) is 9.84 Å². The number of hydrogen-bond donors (Lipinski definition) is 2. The summed E-state index contributed by atoms with van der Waals surface area (Å²) in [4.78, 5) is 25.9. The van der Waals surface area contributed by atoms with Crippen molar-refractivity contribution in [3.8, 4) is 0 Å². The van der Waals surface area contributed by atoms with Crippen molar-refractivity contribution in [3.05, 3.63) is 42.5 Å². The summed E-state index contributed by atoms with van der Waals surface area (Å²) in [5.74, 6) is -0.825. The molecule has 0 radical (unpaired) electrons. The van der Waals surface area contributed by atoms with Gasteiger partial charge in [-0.05, 0) is 49.6 Å². The lowest BCUT2D eigenvalue weighted by atomic mass is 10.3. The van der Waals surface area contributed by atoms with E-state index in [9.17, 15) is 18.0 Å². The molecule has 6 nitrogen and oxygen atoms in total. The molecule has 2 N–H and O–H groups in total. The van der Waals surface area contributed by atoms with Crippen molar-refractivity contribution in [1.82, 2.24) is 0 Å². The predicted molar refractivity (Wildman–Crippen MR) is 114 cm³/mol. The highest BCUT2D eigenvalue weighted by Crippen LogP contribution is 2.36. The molecule has 0 aliphatic carbocycles. The number of fused-ring (bicyclic) bond motifs is 1. The van der Waals surface area contributed by atoms with Crippen molar-refractivity contribution in [3.63, 3.8) is 0 Å². The van der Waals surface area contributed by atoms with Gasteiger partial charge in [0.05, 0.1) is 21.6 Å². The largest absolute Gasteiger partial charge is 0.326 e. The zero-order chi connectivity index (χ0) is 20.3. The second-order valence-corrected chi connectivity index (χ2v) is 10.6. The average Bonchev–Trinajstić information content (AvgIpc) is 2.67. The minimum absolute atomic E-state index is 0.0962. The molecular formula is C19H20N2O4S3. The molecule has 1 aliphatic rings. The summed E-state index contributed by atoms with van der Waals surface area (Å²) in [5.41, 5.74) is 1.13. The van der Waals surface area contributed by atoms with Gasteiger partial charge in [0.2, 0.25) is 11.8 Å². The van der Waals surface area contributed by atoms with E-state index in [2.05, 4.69) is 10.6 Å². The zero-order valence-electron chi connectivity index (χ0n) is 15.4. The summed E-state index contributed by atoms with van der Waals surface area (Å²) < 4.78 is 25.2. The summed E-state index contributed by atoms with van der Waals surface area (Å²) in [6, 6.07) is 12.0. The third-order valence-electron chi connectivity index (χ3n) is 4.19. The van der Waals surface area contributed by atoms with Gasteiger partial charge in [0.25, 0.3) is 0 Å². The number of carbonyl (C=O) groups is 2. The van der Waals surface area contributed by atoms with Crippen molar-refractivity contribution in [2.45, 2.75) is 33.3 Å². The van der Waals surface area contributed by atoms with Crippen molar-refractivity contribution in [2.75, 3.05) is 22.6 Å². The molecule has 1 aliphatic heterocycles. The second kappa shape index (κ2) is 8.59. The Bertz CT molecular complexity index is 1020. The molecule has 0 unspecified atom stereocenters. The number of nitrogens with one attached hydrogen (secondary N) is 2. The Morgan fingerprint density at radius 3 is 2.79 bits per heavy atom. The maximum Gasteiger partial charge on any atom is 0.237 e. The third kappa shape index (κ3) is 4.89. The Hall–Kier alpha value is -1.97. The van der Waals surface area contributed by atoms with Crippen LogP contribution < -0.4 is 10.6 Å². The van der Waals surface area contributed by atoms with Crippen LogP contribution in [0.2, 0.25) is 0 Å². The molecule has 9 heteroatoms. The van der Waals surface area contributed by atoms with Crippen LogP contribution in [0.1, 0.15) is 13.3 Å². The number of rotatable bonds is 6. The highest BCUT2D eigenvalue weighted by Gasteiger charge is 2.25. The van der Waals surface area contributed by atoms with Gasteiger partial charge in [-0.2, -0.15) is 0 Å². The molecule has 3 rings (SSSR count). The minimum Gasteiger partial charge on any atom is -0.326 e. The smallest absolute Gasteiger partial charge is 0.237 e. The van der Waals surface area contributed by atoms with E-state index < -0.39 is 9.84 Å². The van der Waals surface area contributed by atoms with Crippen molar-refractivity contribution in [2.24, 2.45) is 0 Å². The number of carbonyl (C=O) groups excluding carboxylic acids is 2. The Kier molecular flexibility index (Phi) is 6.36. The summed E-state index contributed by atoms with van der Waals surface area (Å²) >= 11 is 2.95. The van der Waals surface area contributed by atoms with Gasteiger partial charge in [-0.25, -0.2) is 8.42 Å². The lowest BCUT2D eigenvalue weighted by molar-refractivity contribution is -0.116. The summed E-state index contributed by atoms with van der Waals surface area (Å²) in [6.07, 6.45) is 1.79. The second-order valence-electron chi connectivity index (χ2n) is 6.26. The lowest BCUT2D eigenvalue weighted by Gasteiger charge is -2.21.